The van der Waals surface area contributed by atoms with E-state index in [1.807, 2.05) is 18.2 Å². The van der Waals surface area contributed by atoms with Crippen molar-refractivity contribution in [1.29, 1.82) is 0 Å². The zero-order valence-electron chi connectivity index (χ0n) is 11.0. The van der Waals surface area contributed by atoms with Crippen LogP contribution < -0.4 is 10.8 Å². The lowest BCUT2D eigenvalue weighted by atomic mass is 9.94. The number of hydroxylamine groups is 1. The molecule has 1 aromatic carbocycles. The average molecular weight is 260 g/mol. The zero-order valence-corrected chi connectivity index (χ0v) is 11.0. The summed E-state index contributed by atoms with van der Waals surface area (Å²) in [5.74, 6) is -0.0842. The molecule has 4 nitrogen and oxygen atoms in total. The standard InChI is InChI=1S/C15H20N2O2/c18-15(17-19-12-6-2-3-7-12)14-13-8-4-1-5-11(13)9-10-16-14/h1,4-5,8,12,14,16H,2-3,6-7,9-10H2,(H,17,18). The van der Waals surface area contributed by atoms with Crippen molar-refractivity contribution in [3.63, 3.8) is 0 Å². The first kappa shape index (κ1) is 12.6. The molecule has 0 aromatic heterocycles. The number of fused-ring (bicyclic) bond motifs is 1. The molecule has 1 aromatic rings. The molecule has 1 amide bonds. The Hall–Kier alpha value is -1.39. The minimum absolute atomic E-state index is 0.0842. The molecule has 1 unspecified atom stereocenters. The molecule has 1 fully saturated rings. The smallest absolute Gasteiger partial charge is 0.265 e. The van der Waals surface area contributed by atoms with E-state index in [1.165, 1.54) is 18.4 Å². The highest BCUT2D eigenvalue weighted by atomic mass is 16.7. The second-order valence-corrected chi connectivity index (χ2v) is 5.33. The molecule has 0 bridgehead atoms. The SMILES string of the molecule is O=C(NOC1CCCC1)C1NCCc2ccccc21. The lowest BCUT2D eigenvalue weighted by molar-refractivity contribution is -0.140. The zero-order chi connectivity index (χ0) is 13.1. The fourth-order valence-corrected chi connectivity index (χ4v) is 2.95. The number of nitrogens with one attached hydrogen (secondary N) is 2. The number of hydrogen-bond acceptors (Lipinski definition) is 3. The molecule has 1 heterocycles. The second kappa shape index (κ2) is 5.72. The van der Waals surface area contributed by atoms with E-state index in [1.54, 1.807) is 0 Å². The fourth-order valence-electron chi connectivity index (χ4n) is 2.95. The van der Waals surface area contributed by atoms with Crippen LogP contribution in [0.15, 0.2) is 24.3 Å². The van der Waals surface area contributed by atoms with E-state index < -0.39 is 0 Å². The molecule has 2 aliphatic rings. The monoisotopic (exact) mass is 260 g/mol. The minimum atomic E-state index is -0.286. The predicted octanol–water partition coefficient (Wildman–Crippen LogP) is 1.86. The van der Waals surface area contributed by atoms with Crippen LogP contribution in [0.2, 0.25) is 0 Å². The van der Waals surface area contributed by atoms with Crippen molar-refractivity contribution in [2.24, 2.45) is 0 Å². The maximum absolute atomic E-state index is 12.2. The Balaban J connectivity index is 1.64. The highest BCUT2D eigenvalue weighted by Gasteiger charge is 2.27. The molecule has 4 heteroatoms. The predicted molar refractivity (Wildman–Crippen MR) is 72.4 cm³/mol. The molecule has 1 atom stereocenters. The van der Waals surface area contributed by atoms with Crippen LogP contribution in [0.5, 0.6) is 0 Å². The van der Waals surface area contributed by atoms with E-state index >= 15 is 0 Å². The summed E-state index contributed by atoms with van der Waals surface area (Å²) < 4.78 is 0. The maximum atomic E-state index is 12.2. The van der Waals surface area contributed by atoms with Crippen molar-refractivity contribution in [2.45, 2.75) is 44.2 Å². The summed E-state index contributed by atoms with van der Waals surface area (Å²) in [6.07, 6.45) is 5.67. The van der Waals surface area contributed by atoms with E-state index in [0.717, 1.165) is 31.4 Å². The lowest BCUT2D eigenvalue weighted by Gasteiger charge is -2.26. The highest BCUT2D eigenvalue weighted by Crippen LogP contribution is 2.23. The normalized spacial score (nSPS) is 23.1. The van der Waals surface area contributed by atoms with Crippen LogP contribution in [0.3, 0.4) is 0 Å². The number of benzene rings is 1. The van der Waals surface area contributed by atoms with Crippen molar-refractivity contribution < 1.29 is 9.63 Å². The van der Waals surface area contributed by atoms with Crippen LogP contribution in [-0.4, -0.2) is 18.6 Å². The van der Waals surface area contributed by atoms with Crippen molar-refractivity contribution in [1.82, 2.24) is 10.8 Å². The van der Waals surface area contributed by atoms with E-state index in [2.05, 4.69) is 16.9 Å². The summed E-state index contributed by atoms with van der Waals surface area (Å²) in [4.78, 5) is 17.7. The van der Waals surface area contributed by atoms with Gasteiger partial charge in [0, 0.05) is 6.54 Å². The molecule has 0 saturated heterocycles. The van der Waals surface area contributed by atoms with Gasteiger partial charge in [-0.3, -0.25) is 9.63 Å². The van der Waals surface area contributed by atoms with Gasteiger partial charge in [-0.05, 0) is 30.4 Å². The van der Waals surface area contributed by atoms with Crippen LogP contribution in [0.1, 0.15) is 42.9 Å². The minimum Gasteiger partial charge on any atom is -0.302 e. The third-order valence-electron chi connectivity index (χ3n) is 4.00. The molecule has 102 valence electrons. The van der Waals surface area contributed by atoms with Gasteiger partial charge in [-0.15, -0.1) is 0 Å². The third-order valence-corrected chi connectivity index (χ3v) is 4.00. The van der Waals surface area contributed by atoms with Gasteiger partial charge in [0.1, 0.15) is 6.04 Å². The number of hydrogen-bond donors (Lipinski definition) is 2. The summed E-state index contributed by atoms with van der Waals surface area (Å²) in [5.41, 5.74) is 4.96. The largest absolute Gasteiger partial charge is 0.302 e. The van der Waals surface area contributed by atoms with Gasteiger partial charge in [0.25, 0.3) is 5.91 Å². The Morgan fingerprint density at radius 3 is 2.89 bits per heavy atom. The molecular weight excluding hydrogens is 240 g/mol. The Bertz CT molecular complexity index is 455. The van der Waals surface area contributed by atoms with Gasteiger partial charge in [0.2, 0.25) is 0 Å². The molecule has 1 aliphatic heterocycles. The fraction of sp³-hybridized carbons (Fsp3) is 0.533. The van der Waals surface area contributed by atoms with Gasteiger partial charge < -0.3 is 5.32 Å². The van der Waals surface area contributed by atoms with Crippen LogP contribution >= 0.6 is 0 Å². The average Bonchev–Trinajstić information content (AvgIpc) is 2.97. The number of rotatable bonds is 3. The van der Waals surface area contributed by atoms with Crippen LogP contribution in [0.4, 0.5) is 0 Å². The maximum Gasteiger partial charge on any atom is 0.265 e. The van der Waals surface area contributed by atoms with Crippen LogP contribution in [0, 0.1) is 0 Å². The summed E-state index contributed by atoms with van der Waals surface area (Å²) in [7, 11) is 0. The van der Waals surface area contributed by atoms with Gasteiger partial charge in [0.15, 0.2) is 0 Å². The molecule has 0 radical (unpaired) electrons. The Kier molecular flexibility index (Phi) is 3.80. The van der Waals surface area contributed by atoms with E-state index in [-0.39, 0.29) is 18.1 Å². The van der Waals surface area contributed by atoms with Gasteiger partial charge in [0.05, 0.1) is 6.10 Å². The Morgan fingerprint density at radius 2 is 2.05 bits per heavy atom. The van der Waals surface area contributed by atoms with Crippen molar-refractivity contribution in [3.8, 4) is 0 Å². The van der Waals surface area contributed by atoms with Crippen molar-refractivity contribution >= 4 is 5.91 Å². The van der Waals surface area contributed by atoms with E-state index in [9.17, 15) is 4.79 Å². The molecule has 19 heavy (non-hydrogen) atoms. The van der Waals surface area contributed by atoms with Gasteiger partial charge in [-0.2, -0.15) is 0 Å². The van der Waals surface area contributed by atoms with Crippen molar-refractivity contribution in [3.05, 3.63) is 35.4 Å². The summed E-state index contributed by atoms with van der Waals surface area (Å²) in [6, 6.07) is 7.82. The third kappa shape index (κ3) is 2.80. The summed E-state index contributed by atoms with van der Waals surface area (Å²) >= 11 is 0. The molecule has 1 aliphatic carbocycles. The van der Waals surface area contributed by atoms with Crippen LogP contribution in [-0.2, 0) is 16.1 Å². The number of carbonyl (C=O) groups excluding carboxylic acids is 1. The van der Waals surface area contributed by atoms with Gasteiger partial charge in [-0.1, -0.05) is 37.1 Å². The van der Waals surface area contributed by atoms with Crippen molar-refractivity contribution in [2.75, 3.05) is 6.54 Å². The second-order valence-electron chi connectivity index (χ2n) is 5.33. The number of carbonyl (C=O) groups is 1. The van der Waals surface area contributed by atoms with Gasteiger partial charge >= 0.3 is 0 Å². The molecule has 0 spiro atoms. The summed E-state index contributed by atoms with van der Waals surface area (Å²) in [6.45, 7) is 0.832. The lowest BCUT2D eigenvalue weighted by Crippen LogP contribution is -2.42. The van der Waals surface area contributed by atoms with Gasteiger partial charge in [-0.25, -0.2) is 5.48 Å². The van der Waals surface area contributed by atoms with Crippen LogP contribution in [0.25, 0.3) is 0 Å². The molecule has 3 rings (SSSR count). The quantitative estimate of drug-likeness (QED) is 0.816. The topological polar surface area (TPSA) is 50.4 Å². The molecule has 2 N–H and O–H groups in total. The van der Waals surface area contributed by atoms with E-state index in [0.29, 0.717) is 0 Å². The Labute approximate surface area is 113 Å². The Morgan fingerprint density at radius 1 is 1.26 bits per heavy atom. The van der Waals surface area contributed by atoms with E-state index in [4.69, 9.17) is 4.84 Å². The summed E-state index contributed by atoms with van der Waals surface area (Å²) in [5, 5.41) is 3.26. The first-order chi connectivity index (χ1) is 9.34. The first-order valence-electron chi connectivity index (χ1n) is 7.11. The first-order valence-corrected chi connectivity index (χ1v) is 7.11. The molecular formula is C15H20N2O2. The highest BCUT2D eigenvalue weighted by molar-refractivity contribution is 5.83. The number of amides is 1. The molecule has 1 saturated carbocycles.